The van der Waals surface area contributed by atoms with E-state index < -0.39 is 14.9 Å². The number of rotatable bonds is 4. The number of hydrogen-bond acceptors (Lipinski definition) is 6. The Hall–Kier alpha value is -1.71. The SMILES string of the molecule is CC1CC(C)CN(c2ccc(S(=O)(=O)N3CCOCC3)cc2[N+](=O)[O-])C1. The summed E-state index contributed by atoms with van der Waals surface area (Å²) in [5.74, 6) is 0.880. The van der Waals surface area contributed by atoms with Crippen molar-refractivity contribution in [2.45, 2.75) is 25.2 Å². The molecule has 8 nitrogen and oxygen atoms in total. The summed E-state index contributed by atoms with van der Waals surface area (Å²) in [6.45, 7) is 6.93. The van der Waals surface area contributed by atoms with Gasteiger partial charge in [0, 0.05) is 32.2 Å². The van der Waals surface area contributed by atoms with Crippen molar-refractivity contribution in [3.05, 3.63) is 28.3 Å². The quantitative estimate of drug-likeness (QED) is 0.584. The minimum Gasteiger partial charge on any atom is -0.379 e. The van der Waals surface area contributed by atoms with Gasteiger partial charge < -0.3 is 9.64 Å². The predicted octanol–water partition coefficient (Wildman–Crippen LogP) is 2.10. The van der Waals surface area contributed by atoms with E-state index in [1.54, 1.807) is 6.07 Å². The van der Waals surface area contributed by atoms with E-state index in [1.165, 1.54) is 16.4 Å². The Kier molecular flexibility index (Phi) is 5.50. The summed E-state index contributed by atoms with van der Waals surface area (Å²) in [7, 11) is -3.76. The van der Waals surface area contributed by atoms with Crippen LogP contribution in [0.15, 0.2) is 23.1 Å². The van der Waals surface area contributed by atoms with Crippen LogP contribution in [0.2, 0.25) is 0 Å². The molecule has 26 heavy (non-hydrogen) atoms. The lowest BCUT2D eigenvalue weighted by molar-refractivity contribution is -0.384. The molecule has 9 heteroatoms. The lowest BCUT2D eigenvalue weighted by Crippen LogP contribution is -2.41. The summed E-state index contributed by atoms with van der Waals surface area (Å²) in [6, 6.07) is 4.26. The summed E-state index contributed by atoms with van der Waals surface area (Å²) in [5, 5.41) is 11.6. The number of ether oxygens (including phenoxy) is 1. The van der Waals surface area contributed by atoms with Crippen molar-refractivity contribution in [2.75, 3.05) is 44.3 Å². The number of nitro benzene ring substituents is 1. The summed E-state index contributed by atoms with van der Waals surface area (Å²) in [4.78, 5) is 13.1. The molecule has 2 aliphatic rings. The molecule has 0 spiro atoms. The zero-order valence-corrected chi connectivity index (χ0v) is 15.9. The molecule has 2 atom stereocenters. The van der Waals surface area contributed by atoms with Crippen LogP contribution in [0.5, 0.6) is 0 Å². The van der Waals surface area contributed by atoms with Crippen molar-refractivity contribution in [2.24, 2.45) is 11.8 Å². The number of anilines is 1. The van der Waals surface area contributed by atoms with Gasteiger partial charge in [0.1, 0.15) is 5.69 Å². The summed E-state index contributed by atoms with van der Waals surface area (Å²) in [5.41, 5.74) is 0.343. The summed E-state index contributed by atoms with van der Waals surface area (Å²) in [6.07, 6.45) is 1.09. The Bertz CT molecular complexity index is 767. The smallest absolute Gasteiger partial charge is 0.293 e. The largest absolute Gasteiger partial charge is 0.379 e. The minimum absolute atomic E-state index is 0.0343. The van der Waals surface area contributed by atoms with Gasteiger partial charge >= 0.3 is 0 Å². The maximum Gasteiger partial charge on any atom is 0.293 e. The lowest BCUT2D eigenvalue weighted by Gasteiger charge is -2.36. The molecule has 1 aromatic rings. The van der Waals surface area contributed by atoms with Gasteiger partial charge in [0.05, 0.1) is 23.0 Å². The van der Waals surface area contributed by atoms with Crippen LogP contribution in [0.25, 0.3) is 0 Å². The molecule has 2 heterocycles. The van der Waals surface area contributed by atoms with E-state index in [9.17, 15) is 18.5 Å². The number of piperidine rings is 1. The minimum atomic E-state index is -3.76. The molecule has 2 fully saturated rings. The number of hydrogen-bond donors (Lipinski definition) is 0. The Balaban J connectivity index is 1.95. The molecule has 2 unspecified atom stereocenters. The van der Waals surface area contributed by atoms with Crippen molar-refractivity contribution in [1.29, 1.82) is 0 Å². The highest BCUT2D eigenvalue weighted by atomic mass is 32.2. The fraction of sp³-hybridized carbons (Fsp3) is 0.647. The van der Waals surface area contributed by atoms with Gasteiger partial charge in [0.15, 0.2) is 0 Å². The van der Waals surface area contributed by atoms with Crippen LogP contribution >= 0.6 is 0 Å². The molecule has 0 amide bonds. The van der Waals surface area contributed by atoms with Crippen molar-refractivity contribution in [1.82, 2.24) is 4.31 Å². The zero-order chi connectivity index (χ0) is 18.9. The van der Waals surface area contributed by atoms with Gasteiger partial charge in [0.2, 0.25) is 10.0 Å². The van der Waals surface area contributed by atoms with Crippen LogP contribution < -0.4 is 4.90 Å². The molecular formula is C17H25N3O5S. The molecule has 0 bridgehead atoms. The highest BCUT2D eigenvalue weighted by Gasteiger charge is 2.31. The number of sulfonamides is 1. The highest BCUT2D eigenvalue weighted by molar-refractivity contribution is 7.89. The van der Waals surface area contributed by atoms with Crippen LogP contribution in [0, 0.1) is 22.0 Å². The monoisotopic (exact) mass is 383 g/mol. The van der Waals surface area contributed by atoms with Gasteiger partial charge in [-0.1, -0.05) is 13.8 Å². The van der Waals surface area contributed by atoms with Crippen LogP contribution in [-0.4, -0.2) is 57.0 Å². The van der Waals surface area contributed by atoms with Gasteiger partial charge in [-0.3, -0.25) is 10.1 Å². The second-order valence-electron chi connectivity index (χ2n) is 7.28. The van der Waals surface area contributed by atoms with E-state index in [2.05, 4.69) is 13.8 Å². The third-order valence-corrected chi connectivity index (χ3v) is 6.86. The number of morpholine rings is 1. The normalized spacial score (nSPS) is 25.2. The van der Waals surface area contributed by atoms with Gasteiger partial charge in [-0.2, -0.15) is 4.31 Å². The second-order valence-corrected chi connectivity index (χ2v) is 9.21. The third-order valence-electron chi connectivity index (χ3n) is 4.96. The Morgan fingerprint density at radius 3 is 2.35 bits per heavy atom. The fourth-order valence-electron chi connectivity index (χ4n) is 3.87. The molecule has 2 aliphatic heterocycles. The van der Waals surface area contributed by atoms with Crippen molar-refractivity contribution in [3.63, 3.8) is 0 Å². The Labute approximate surface area is 153 Å². The van der Waals surface area contributed by atoms with Gasteiger partial charge in [-0.15, -0.1) is 0 Å². The van der Waals surface area contributed by atoms with E-state index in [4.69, 9.17) is 4.74 Å². The highest BCUT2D eigenvalue weighted by Crippen LogP contribution is 2.35. The summed E-state index contributed by atoms with van der Waals surface area (Å²) >= 11 is 0. The average molecular weight is 383 g/mol. The molecular weight excluding hydrogens is 358 g/mol. The molecule has 0 saturated carbocycles. The summed E-state index contributed by atoms with van der Waals surface area (Å²) < 4.78 is 32.1. The first-order valence-corrected chi connectivity index (χ1v) is 10.3. The topological polar surface area (TPSA) is 93.0 Å². The third kappa shape index (κ3) is 3.84. The first-order chi connectivity index (χ1) is 12.3. The molecule has 144 valence electrons. The second kappa shape index (κ2) is 7.50. The molecule has 3 rings (SSSR count). The maximum absolute atomic E-state index is 12.8. The molecule has 0 aromatic heterocycles. The fourth-order valence-corrected chi connectivity index (χ4v) is 5.30. The standard InChI is InChI=1S/C17H25N3O5S/c1-13-9-14(2)12-18(11-13)16-4-3-15(10-17(16)20(21)22)26(23,24)19-5-7-25-8-6-19/h3-4,10,13-14H,5-9,11-12H2,1-2H3. The number of nitro groups is 1. The van der Waals surface area contributed by atoms with Crippen LogP contribution in [-0.2, 0) is 14.8 Å². The lowest BCUT2D eigenvalue weighted by atomic mass is 9.91. The van der Waals surface area contributed by atoms with Gasteiger partial charge in [-0.05, 0) is 30.4 Å². The molecule has 2 saturated heterocycles. The molecule has 0 aliphatic carbocycles. The first kappa shape index (κ1) is 19.1. The zero-order valence-electron chi connectivity index (χ0n) is 15.1. The Morgan fingerprint density at radius 1 is 1.15 bits per heavy atom. The average Bonchev–Trinajstić information content (AvgIpc) is 2.61. The Morgan fingerprint density at radius 2 is 1.77 bits per heavy atom. The molecule has 0 N–H and O–H groups in total. The van der Waals surface area contributed by atoms with Crippen molar-refractivity contribution in [3.8, 4) is 0 Å². The number of nitrogens with zero attached hydrogens (tertiary/aromatic N) is 3. The van der Waals surface area contributed by atoms with Gasteiger partial charge in [-0.25, -0.2) is 8.42 Å². The van der Waals surface area contributed by atoms with Crippen LogP contribution in [0.3, 0.4) is 0 Å². The van der Waals surface area contributed by atoms with Crippen LogP contribution in [0.4, 0.5) is 11.4 Å². The molecule has 0 radical (unpaired) electrons. The van der Waals surface area contributed by atoms with E-state index in [0.717, 1.165) is 19.5 Å². The van der Waals surface area contributed by atoms with E-state index >= 15 is 0 Å². The maximum atomic E-state index is 12.8. The molecule has 1 aromatic carbocycles. The first-order valence-electron chi connectivity index (χ1n) is 8.90. The van der Waals surface area contributed by atoms with Gasteiger partial charge in [0.25, 0.3) is 5.69 Å². The number of benzene rings is 1. The van der Waals surface area contributed by atoms with E-state index in [0.29, 0.717) is 30.7 Å². The van der Waals surface area contributed by atoms with Crippen LogP contribution in [0.1, 0.15) is 20.3 Å². The van der Waals surface area contributed by atoms with E-state index in [1.807, 2.05) is 4.90 Å². The van der Waals surface area contributed by atoms with E-state index in [-0.39, 0.29) is 23.7 Å². The predicted molar refractivity (Wildman–Crippen MR) is 97.8 cm³/mol. The van der Waals surface area contributed by atoms with Crippen molar-refractivity contribution >= 4 is 21.4 Å². The van der Waals surface area contributed by atoms with Crippen molar-refractivity contribution < 1.29 is 18.1 Å².